The SMILES string of the molecule is CCCCOc1ccc(OC)cc1NC(=O)c1cccc(N2CCCS2(=O)=O)c1. The van der Waals surface area contributed by atoms with Gasteiger partial charge < -0.3 is 14.8 Å². The van der Waals surface area contributed by atoms with Crippen molar-refractivity contribution in [2.75, 3.05) is 35.6 Å². The van der Waals surface area contributed by atoms with Crippen LogP contribution in [0.15, 0.2) is 42.5 Å². The zero-order chi connectivity index (χ0) is 20.9. The number of hydrogen-bond acceptors (Lipinski definition) is 5. The summed E-state index contributed by atoms with van der Waals surface area (Å²) in [6.07, 6.45) is 2.50. The number of unbranched alkanes of at least 4 members (excludes halogenated alkanes) is 1. The Labute approximate surface area is 171 Å². The van der Waals surface area contributed by atoms with Gasteiger partial charge in [-0.3, -0.25) is 9.10 Å². The molecule has 0 atom stereocenters. The van der Waals surface area contributed by atoms with Crippen LogP contribution in [0.4, 0.5) is 11.4 Å². The van der Waals surface area contributed by atoms with Crippen molar-refractivity contribution in [2.45, 2.75) is 26.2 Å². The molecule has 2 aromatic carbocycles. The first-order valence-corrected chi connectivity index (χ1v) is 11.3. The molecule has 0 saturated carbocycles. The van der Waals surface area contributed by atoms with Gasteiger partial charge in [0, 0.05) is 18.2 Å². The largest absolute Gasteiger partial charge is 0.497 e. The lowest BCUT2D eigenvalue weighted by molar-refractivity contribution is 0.102. The van der Waals surface area contributed by atoms with Crippen molar-refractivity contribution in [1.29, 1.82) is 0 Å². The fourth-order valence-corrected chi connectivity index (χ4v) is 4.67. The van der Waals surface area contributed by atoms with Crippen LogP contribution in [-0.4, -0.2) is 40.3 Å². The summed E-state index contributed by atoms with van der Waals surface area (Å²) >= 11 is 0. The first-order valence-electron chi connectivity index (χ1n) is 9.67. The van der Waals surface area contributed by atoms with Gasteiger partial charge >= 0.3 is 0 Å². The molecule has 0 radical (unpaired) electrons. The number of hydrogen-bond donors (Lipinski definition) is 1. The van der Waals surface area contributed by atoms with Crippen LogP contribution in [0, 0.1) is 0 Å². The third-order valence-corrected chi connectivity index (χ3v) is 6.56. The summed E-state index contributed by atoms with van der Waals surface area (Å²) in [5.74, 6) is 0.939. The molecule has 1 N–H and O–H groups in total. The molecular formula is C21H26N2O5S. The molecule has 3 rings (SSSR count). The maximum absolute atomic E-state index is 12.8. The molecule has 8 heteroatoms. The average Bonchev–Trinajstić information content (AvgIpc) is 3.08. The molecule has 2 aromatic rings. The van der Waals surface area contributed by atoms with E-state index in [1.165, 1.54) is 4.31 Å². The number of methoxy groups -OCH3 is 1. The van der Waals surface area contributed by atoms with Crippen molar-refractivity contribution in [1.82, 2.24) is 0 Å². The van der Waals surface area contributed by atoms with Gasteiger partial charge in [0.2, 0.25) is 10.0 Å². The van der Waals surface area contributed by atoms with E-state index in [0.29, 0.717) is 48.0 Å². The Morgan fingerprint density at radius 1 is 1.21 bits per heavy atom. The number of carbonyl (C=O) groups excluding carboxylic acids is 1. The molecule has 1 aliphatic heterocycles. The van der Waals surface area contributed by atoms with Crippen LogP contribution in [0.2, 0.25) is 0 Å². The Balaban J connectivity index is 1.82. The van der Waals surface area contributed by atoms with Crippen LogP contribution >= 0.6 is 0 Å². The number of nitrogens with one attached hydrogen (secondary N) is 1. The summed E-state index contributed by atoms with van der Waals surface area (Å²) < 4.78 is 36.7. The van der Waals surface area contributed by atoms with E-state index in [1.54, 1.807) is 49.6 Å². The van der Waals surface area contributed by atoms with Crippen LogP contribution in [-0.2, 0) is 10.0 Å². The lowest BCUT2D eigenvalue weighted by atomic mass is 10.1. The first-order chi connectivity index (χ1) is 13.9. The molecule has 0 unspecified atom stereocenters. The van der Waals surface area contributed by atoms with Crippen LogP contribution in [0.5, 0.6) is 11.5 Å². The fraction of sp³-hybridized carbons (Fsp3) is 0.381. The van der Waals surface area contributed by atoms with Crippen LogP contribution in [0.1, 0.15) is 36.5 Å². The molecule has 0 bridgehead atoms. The molecule has 0 aliphatic carbocycles. The van der Waals surface area contributed by atoms with Gasteiger partial charge in [-0.05, 0) is 43.2 Å². The van der Waals surface area contributed by atoms with Crippen molar-refractivity contribution in [3.8, 4) is 11.5 Å². The van der Waals surface area contributed by atoms with Crippen molar-refractivity contribution in [2.24, 2.45) is 0 Å². The van der Waals surface area contributed by atoms with Crippen molar-refractivity contribution >= 4 is 27.3 Å². The van der Waals surface area contributed by atoms with E-state index in [1.807, 2.05) is 0 Å². The van der Waals surface area contributed by atoms with E-state index in [-0.39, 0.29) is 11.7 Å². The standard InChI is InChI=1S/C21H26N2O5S/c1-3-4-12-28-20-10-9-18(27-2)15-19(20)22-21(24)16-7-5-8-17(14-16)23-11-6-13-29(23,25)26/h5,7-10,14-15H,3-4,6,11-13H2,1-2H3,(H,22,24). The van der Waals surface area contributed by atoms with Gasteiger partial charge in [0.1, 0.15) is 11.5 Å². The fourth-order valence-electron chi connectivity index (χ4n) is 3.11. The number of nitrogens with zero attached hydrogens (tertiary/aromatic N) is 1. The molecule has 0 spiro atoms. The number of carbonyl (C=O) groups is 1. The minimum absolute atomic E-state index is 0.131. The predicted octanol–water partition coefficient (Wildman–Crippen LogP) is 3.67. The van der Waals surface area contributed by atoms with Crippen molar-refractivity contribution in [3.05, 3.63) is 48.0 Å². The molecule has 1 amide bonds. The second-order valence-corrected chi connectivity index (χ2v) is 8.82. The smallest absolute Gasteiger partial charge is 0.255 e. The summed E-state index contributed by atoms with van der Waals surface area (Å²) in [7, 11) is -1.75. The van der Waals surface area contributed by atoms with Gasteiger partial charge in [0.15, 0.2) is 0 Å². The van der Waals surface area contributed by atoms with Crippen LogP contribution < -0.4 is 19.1 Å². The Hall–Kier alpha value is -2.74. The summed E-state index contributed by atoms with van der Waals surface area (Å²) in [5, 5.41) is 2.86. The Morgan fingerprint density at radius 2 is 2.03 bits per heavy atom. The van der Waals surface area contributed by atoms with E-state index >= 15 is 0 Å². The second kappa shape index (κ2) is 9.17. The van der Waals surface area contributed by atoms with Gasteiger partial charge in [0.05, 0.1) is 30.8 Å². The summed E-state index contributed by atoms with van der Waals surface area (Å²) in [4.78, 5) is 12.8. The lowest BCUT2D eigenvalue weighted by Gasteiger charge is -2.18. The molecule has 0 aromatic heterocycles. The molecule has 1 aliphatic rings. The minimum atomic E-state index is -3.30. The predicted molar refractivity (Wildman–Crippen MR) is 114 cm³/mol. The number of anilines is 2. The molecule has 156 valence electrons. The number of ether oxygens (including phenoxy) is 2. The highest BCUT2D eigenvalue weighted by Crippen LogP contribution is 2.30. The van der Waals surface area contributed by atoms with Crippen molar-refractivity contribution < 1.29 is 22.7 Å². The van der Waals surface area contributed by atoms with Gasteiger partial charge in [-0.25, -0.2) is 8.42 Å². The average molecular weight is 419 g/mol. The van der Waals surface area contributed by atoms with Crippen LogP contribution in [0.3, 0.4) is 0 Å². The third-order valence-electron chi connectivity index (χ3n) is 4.69. The maximum Gasteiger partial charge on any atom is 0.255 e. The number of amides is 1. The quantitative estimate of drug-likeness (QED) is 0.661. The first kappa shape index (κ1) is 21.0. The second-order valence-electron chi connectivity index (χ2n) is 6.81. The number of sulfonamides is 1. The highest BCUT2D eigenvalue weighted by atomic mass is 32.2. The van der Waals surface area contributed by atoms with Gasteiger partial charge in [-0.2, -0.15) is 0 Å². The molecular weight excluding hydrogens is 392 g/mol. The van der Waals surface area contributed by atoms with E-state index < -0.39 is 10.0 Å². The zero-order valence-electron chi connectivity index (χ0n) is 16.7. The molecule has 1 heterocycles. The Kier molecular flexibility index (Phi) is 6.64. The molecule has 7 nitrogen and oxygen atoms in total. The highest BCUT2D eigenvalue weighted by molar-refractivity contribution is 7.93. The minimum Gasteiger partial charge on any atom is -0.497 e. The van der Waals surface area contributed by atoms with Crippen LogP contribution in [0.25, 0.3) is 0 Å². The Morgan fingerprint density at radius 3 is 2.72 bits per heavy atom. The van der Waals surface area contributed by atoms with E-state index in [4.69, 9.17) is 9.47 Å². The lowest BCUT2D eigenvalue weighted by Crippen LogP contribution is -2.25. The molecule has 1 fully saturated rings. The maximum atomic E-state index is 12.8. The zero-order valence-corrected chi connectivity index (χ0v) is 17.5. The van der Waals surface area contributed by atoms with Gasteiger partial charge in [0.25, 0.3) is 5.91 Å². The van der Waals surface area contributed by atoms with E-state index in [2.05, 4.69) is 12.2 Å². The van der Waals surface area contributed by atoms with E-state index in [0.717, 1.165) is 12.8 Å². The summed E-state index contributed by atoms with van der Waals surface area (Å²) in [6.45, 7) is 3.06. The van der Waals surface area contributed by atoms with Gasteiger partial charge in [-0.1, -0.05) is 19.4 Å². The molecule has 1 saturated heterocycles. The topological polar surface area (TPSA) is 84.9 Å². The summed E-state index contributed by atoms with van der Waals surface area (Å²) in [6, 6.07) is 11.9. The monoisotopic (exact) mass is 418 g/mol. The van der Waals surface area contributed by atoms with Gasteiger partial charge in [-0.15, -0.1) is 0 Å². The number of benzene rings is 2. The number of rotatable bonds is 8. The Bertz CT molecular complexity index is 975. The summed E-state index contributed by atoms with van der Waals surface area (Å²) in [5.41, 5.74) is 1.37. The third kappa shape index (κ3) is 5.00. The van der Waals surface area contributed by atoms with E-state index in [9.17, 15) is 13.2 Å². The normalized spacial score (nSPS) is 15.2. The highest BCUT2D eigenvalue weighted by Gasteiger charge is 2.28. The van der Waals surface area contributed by atoms with Crippen molar-refractivity contribution in [3.63, 3.8) is 0 Å². The molecule has 29 heavy (non-hydrogen) atoms.